The van der Waals surface area contributed by atoms with Crippen molar-refractivity contribution >= 4 is 15.7 Å². The van der Waals surface area contributed by atoms with Crippen LogP contribution in [0.25, 0.3) is 0 Å². The molecule has 1 saturated carbocycles. The van der Waals surface area contributed by atoms with Gasteiger partial charge in [-0.15, -0.1) is 0 Å². The maximum absolute atomic E-state index is 12.8. The number of nitro benzene ring substituents is 1. The van der Waals surface area contributed by atoms with Crippen molar-refractivity contribution < 1.29 is 18.1 Å². The fourth-order valence-corrected chi connectivity index (χ4v) is 5.03. The molecular formula is C15H21N3O5S. The molecule has 0 unspecified atom stereocenters. The van der Waals surface area contributed by atoms with E-state index >= 15 is 0 Å². The van der Waals surface area contributed by atoms with Gasteiger partial charge in [-0.05, 0) is 18.9 Å². The van der Waals surface area contributed by atoms with Gasteiger partial charge in [0.05, 0.1) is 23.2 Å². The smallest absolute Gasteiger partial charge is 0.289 e. The van der Waals surface area contributed by atoms with Crippen molar-refractivity contribution in [3.05, 3.63) is 34.4 Å². The summed E-state index contributed by atoms with van der Waals surface area (Å²) in [6.07, 6.45) is 3.30. The van der Waals surface area contributed by atoms with Crippen LogP contribution in [0.4, 0.5) is 5.69 Å². The molecule has 8 nitrogen and oxygen atoms in total. The fraction of sp³-hybridized carbons (Fsp3) is 0.600. The zero-order valence-corrected chi connectivity index (χ0v) is 14.0. The molecule has 1 aromatic carbocycles. The first-order chi connectivity index (χ1) is 11.4. The number of morpholine rings is 1. The summed E-state index contributed by atoms with van der Waals surface area (Å²) in [5.41, 5.74) is -0.995. The Morgan fingerprint density at radius 1 is 1.33 bits per heavy atom. The molecule has 0 bridgehead atoms. The number of benzene rings is 1. The molecule has 2 fully saturated rings. The zero-order chi connectivity index (χ0) is 17.2. The molecule has 1 aromatic rings. The van der Waals surface area contributed by atoms with Crippen LogP contribution in [-0.2, 0) is 14.8 Å². The van der Waals surface area contributed by atoms with Crippen LogP contribution in [0.2, 0.25) is 0 Å². The van der Waals surface area contributed by atoms with E-state index in [2.05, 4.69) is 10.0 Å². The van der Waals surface area contributed by atoms with Crippen molar-refractivity contribution in [1.29, 1.82) is 0 Å². The number of nitrogens with one attached hydrogen (secondary N) is 2. The third kappa shape index (κ3) is 3.30. The molecule has 3 rings (SSSR count). The zero-order valence-electron chi connectivity index (χ0n) is 13.2. The largest absolute Gasteiger partial charge is 0.371 e. The topological polar surface area (TPSA) is 111 Å². The van der Waals surface area contributed by atoms with Gasteiger partial charge < -0.3 is 10.1 Å². The second-order valence-corrected chi connectivity index (χ2v) is 7.92. The molecule has 1 saturated heterocycles. The molecule has 0 radical (unpaired) electrons. The second kappa shape index (κ2) is 6.75. The highest BCUT2D eigenvalue weighted by molar-refractivity contribution is 7.89. The van der Waals surface area contributed by atoms with Crippen LogP contribution >= 0.6 is 0 Å². The van der Waals surface area contributed by atoms with Gasteiger partial charge in [-0.1, -0.05) is 25.0 Å². The molecule has 132 valence electrons. The van der Waals surface area contributed by atoms with Crippen LogP contribution in [0.15, 0.2) is 29.2 Å². The van der Waals surface area contributed by atoms with E-state index in [9.17, 15) is 18.5 Å². The summed E-state index contributed by atoms with van der Waals surface area (Å²) in [6, 6.07) is 4.99. The van der Waals surface area contributed by atoms with Gasteiger partial charge in [0.25, 0.3) is 5.69 Å². The molecule has 1 aliphatic heterocycles. The second-order valence-electron chi connectivity index (χ2n) is 6.23. The van der Waals surface area contributed by atoms with Crippen molar-refractivity contribution in [2.45, 2.75) is 42.2 Å². The Morgan fingerprint density at radius 3 is 2.83 bits per heavy atom. The summed E-state index contributed by atoms with van der Waals surface area (Å²) in [4.78, 5) is 10.2. The van der Waals surface area contributed by atoms with E-state index in [0.29, 0.717) is 19.6 Å². The van der Waals surface area contributed by atoms with Crippen LogP contribution in [0.5, 0.6) is 0 Å². The third-order valence-corrected chi connectivity index (χ3v) is 6.24. The maximum atomic E-state index is 12.8. The molecule has 24 heavy (non-hydrogen) atoms. The summed E-state index contributed by atoms with van der Waals surface area (Å²) in [5, 5.41) is 14.4. The van der Waals surface area contributed by atoms with Crippen molar-refractivity contribution in [2.24, 2.45) is 0 Å². The van der Waals surface area contributed by atoms with Gasteiger partial charge in [-0.3, -0.25) is 10.1 Å². The highest BCUT2D eigenvalue weighted by atomic mass is 32.2. The van der Waals surface area contributed by atoms with Gasteiger partial charge in [0.2, 0.25) is 10.0 Å². The summed E-state index contributed by atoms with van der Waals surface area (Å²) >= 11 is 0. The van der Waals surface area contributed by atoms with E-state index in [0.717, 1.165) is 25.8 Å². The lowest BCUT2D eigenvalue weighted by molar-refractivity contribution is -0.387. The van der Waals surface area contributed by atoms with E-state index in [1.54, 1.807) is 0 Å². The molecular weight excluding hydrogens is 334 g/mol. The number of ether oxygens (including phenoxy) is 1. The number of hydrogen-bond acceptors (Lipinski definition) is 6. The van der Waals surface area contributed by atoms with Gasteiger partial charge in [-0.2, -0.15) is 0 Å². The minimum atomic E-state index is -4.01. The van der Waals surface area contributed by atoms with Gasteiger partial charge in [-0.25, -0.2) is 13.1 Å². The first-order valence-electron chi connectivity index (χ1n) is 8.05. The quantitative estimate of drug-likeness (QED) is 0.620. The Balaban J connectivity index is 1.89. The molecule has 2 atom stereocenters. The fourth-order valence-electron chi connectivity index (χ4n) is 3.52. The monoisotopic (exact) mass is 355 g/mol. The molecule has 1 spiro atoms. The Bertz CT molecular complexity index is 707. The minimum Gasteiger partial charge on any atom is -0.371 e. The van der Waals surface area contributed by atoms with Gasteiger partial charge in [0.15, 0.2) is 4.90 Å². The number of rotatable bonds is 4. The van der Waals surface area contributed by atoms with Crippen LogP contribution < -0.4 is 10.0 Å². The van der Waals surface area contributed by atoms with Gasteiger partial charge in [0.1, 0.15) is 0 Å². The van der Waals surface area contributed by atoms with E-state index in [4.69, 9.17) is 4.74 Å². The molecule has 0 amide bonds. The van der Waals surface area contributed by atoms with E-state index in [1.807, 2.05) is 0 Å². The number of sulfonamides is 1. The number of para-hydroxylation sites is 1. The molecule has 0 aromatic heterocycles. The number of nitro groups is 1. The molecule has 2 N–H and O–H groups in total. The van der Waals surface area contributed by atoms with E-state index in [1.165, 1.54) is 24.3 Å². The van der Waals surface area contributed by atoms with Gasteiger partial charge in [0, 0.05) is 19.2 Å². The first-order valence-corrected chi connectivity index (χ1v) is 9.53. The molecule has 2 aliphatic rings. The average molecular weight is 355 g/mol. The average Bonchev–Trinajstić information content (AvgIpc) is 2.58. The standard InChI is InChI=1S/C15H21N3O5S/c19-18(20)12-5-1-2-6-13(12)24(21,22)17-14-7-3-4-8-15(14)11-16-9-10-23-15/h1-2,5-6,14,16-17H,3-4,7-11H2/t14-,15+/m0/s1. The highest BCUT2D eigenvalue weighted by Crippen LogP contribution is 2.34. The van der Waals surface area contributed by atoms with Crippen LogP contribution in [0, 0.1) is 10.1 Å². The molecule has 1 heterocycles. The lowest BCUT2D eigenvalue weighted by Crippen LogP contribution is -2.63. The third-order valence-electron chi connectivity index (χ3n) is 4.72. The highest BCUT2D eigenvalue weighted by Gasteiger charge is 2.45. The van der Waals surface area contributed by atoms with Crippen molar-refractivity contribution in [2.75, 3.05) is 19.7 Å². The van der Waals surface area contributed by atoms with Crippen LogP contribution in [0.3, 0.4) is 0 Å². The first kappa shape index (κ1) is 17.3. The van der Waals surface area contributed by atoms with Crippen molar-refractivity contribution in [3.63, 3.8) is 0 Å². The summed E-state index contributed by atoms with van der Waals surface area (Å²) < 4.78 is 34.1. The lowest BCUT2D eigenvalue weighted by Gasteiger charge is -2.46. The Kier molecular flexibility index (Phi) is 4.86. The van der Waals surface area contributed by atoms with Crippen LogP contribution in [-0.4, -0.2) is 44.7 Å². The van der Waals surface area contributed by atoms with Crippen LogP contribution in [0.1, 0.15) is 25.7 Å². The Morgan fingerprint density at radius 2 is 2.12 bits per heavy atom. The number of hydrogen-bond donors (Lipinski definition) is 2. The molecule has 9 heteroatoms. The summed E-state index contributed by atoms with van der Waals surface area (Å²) in [5.74, 6) is 0. The predicted molar refractivity (Wildman–Crippen MR) is 87.2 cm³/mol. The van der Waals surface area contributed by atoms with Crippen molar-refractivity contribution in [3.8, 4) is 0 Å². The minimum absolute atomic E-state index is 0.306. The Labute approximate surface area is 140 Å². The number of nitrogens with zero attached hydrogens (tertiary/aromatic N) is 1. The Hall–Kier alpha value is -1.55. The van der Waals surface area contributed by atoms with Crippen molar-refractivity contribution in [1.82, 2.24) is 10.0 Å². The lowest BCUT2D eigenvalue weighted by atomic mass is 9.80. The summed E-state index contributed by atoms with van der Waals surface area (Å²) in [7, 11) is -4.01. The summed E-state index contributed by atoms with van der Waals surface area (Å²) in [6.45, 7) is 1.85. The normalized spacial score (nSPS) is 27.9. The predicted octanol–water partition coefficient (Wildman–Crippen LogP) is 1.17. The van der Waals surface area contributed by atoms with E-state index < -0.39 is 32.3 Å². The maximum Gasteiger partial charge on any atom is 0.289 e. The van der Waals surface area contributed by atoms with Gasteiger partial charge >= 0.3 is 0 Å². The SMILES string of the molecule is O=[N+]([O-])c1ccccc1S(=O)(=O)N[C@H]1CCCC[C@@]12CNCCO2. The van der Waals surface area contributed by atoms with E-state index in [-0.39, 0.29) is 4.90 Å². The molecule has 1 aliphatic carbocycles.